The molecular weight excluding hydrogens is 556 g/mol. The number of nitrogens with zero attached hydrogens (tertiary/aromatic N) is 1. The number of carboxylic acid groups (broad SMARTS) is 1. The third-order valence-electron chi connectivity index (χ3n) is 7.54. The van der Waals surface area contributed by atoms with Crippen LogP contribution in [0.1, 0.15) is 51.2 Å². The van der Waals surface area contributed by atoms with Crippen molar-refractivity contribution in [1.82, 2.24) is 15.5 Å². The SMILES string of the molecule is Cc1ccccc1OCC(=O)N[C@@H](CC(C)(C)c1ccc(OC(=O)N2CCC(C(N)=O)CC2)cc1)C(=O)NC(C)C(=O)O. The second kappa shape index (κ2) is 14.5. The molecule has 0 aromatic heterocycles. The van der Waals surface area contributed by atoms with Gasteiger partial charge in [-0.3, -0.25) is 19.2 Å². The van der Waals surface area contributed by atoms with Crippen LogP contribution < -0.4 is 25.8 Å². The van der Waals surface area contributed by atoms with Gasteiger partial charge in [-0.1, -0.05) is 44.2 Å². The van der Waals surface area contributed by atoms with Crippen molar-refractivity contribution in [2.75, 3.05) is 19.7 Å². The Hall–Kier alpha value is -4.61. The summed E-state index contributed by atoms with van der Waals surface area (Å²) in [6.45, 7) is 7.38. The summed E-state index contributed by atoms with van der Waals surface area (Å²) in [5, 5.41) is 14.4. The summed E-state index contributed by atoms with van der Waals surface area (Å²) in [5.41, 5.74) is 6.34. The zero-order valence-corrected chi connectivity index (χ0v) is 24.9. The van der Waals surface area contributed by atoms with E-state index >= 15 is 0 Å². The maximum absolute atomic E-state index is 13.1. The normalized spacial score (nSPS) is 15.1. The van der Waals surface area contributed by atoms with Crippen LogP contribution in [-0.2, 0) is 24.6 Å². The van der Waals surface area contributed by atoms with Gasteiger partial charge in [-0.15, -0.1) is 0 Å². The van der Waals surface area contributed by atoms with Crippen molar-refractivity contribution in [1.29, 1.82) is 0 Å². The van der Waals surface area contributed by atoms with E-state index in [4.69, 9.17) is 15.2 Å². The predicted octanol–water partition coefficient (Wildman–Crippen LogP) is 2.51. The Balaban J connectivity index is 1.66. The van der Waals surface area contributed by atoms with E-state index in [2.05, 4.69) is 10.6 Å². The number of carbonyl (C=O) groups excluding carboxylic acids is 4. The van der Waals surface area contributed by atoms with Gasteiger partial charge >= 0.3 is 12.1 Å². The molecule has 1 aliphatic rings. The average Bonchev–Trinajstić information content (AvgIpc) is 2.96. The molecule has 12 heteroatoms. The Kier molecular flexibility index (Phi) is 11.1. The molecule has 4 amide bonds. The summed E-state index contributed by atoms with van der Waals surface area (Å²) >= 11 is 0. The summed E-state index contributed by atoms with van der Waals surface area (Å²) < 4.78 is 11.1. The van der Waals surface area contributed by atoms with E-state index in [1.54, 1.807) is 36.4 Å². The number of nitrogens with two attached hydrogens (primary N) is 1. The number of hydrogen-bond donors (Lipinski definition) is 4. The number of aliphatic carboxylic acids is 1. The standard InChI is InChI=1S/C31H40N4O8/c1-19-7-5-6-8-25(19)42-18-26(36)34-24(28(38)33-20(2)29(39)40)17-31(3,4)22-9-11-23(12-10-22)43-30(41)35-15-13-21(14-16-35)27(32)37/h5-12,20-21,24H,13-18H2,1-4H3,(H2,32,37)(H,33,38)(H,34,36)(H,39,40)/t20?,24-/m0/s1. The van der Waals surface area contributed by atoms with E-state index < -0.39 is 41.4 Å². The molecule has 3 rings (SSSR count). The highest BCUT2D eigenvalue weighted by Crippen LogP contribution is 2.30. The highest BCUT2D eigenvalue weighted by atomic mass is 16.6. The number of hydrogen-bond acceptors (Lipinski definition) is 7. The third kappa shape index (κ3) is 9.45. The summed E-state index contributed by atoms with van der Waals surface area (Å²) in [6.07, 6.45) is 0.600. The molecule has 0 radical (unpaired) electrons. The number of ether oxygens (including phenoxy) is 2. The minimum absolute atomic E-state index is 0.134. The molecule has 0 spiro atoms. The van der Waals surface area contributed by atoms with Crippen LogP contribution in [0.2, 0.25) is 0 Å². The minimum atomic E-state index is -1.21. The Labute approximate surface area is 250 Å². The molecule has 12 nitrogen and oxygen atoms in total. The van der Waals surface area contributed by atoms with Crippen LogP contribution in [0.3, 0.4) is 0 Å². The van der Waals surface area contributed by atoms with Crippen molar-refractivity contribution in [3.05, 3.63) is 59.7 Å². The first kappa shape index (κ1) is 32.9. The van der Waals surface area contributed by atoms with Crippen LogP contribution in [0.4, 0.5) is 4.79 Å². The molecule has 0 bridgehead atoms. The zero-order valence-electron chi connectivity index (χ0n) is 24.9. The predicted molar refractivity (Wildman–Crippen MR) is 157 cm³/mol. The van der Waals surface area contributed by atoms with Gasteiger partial charge in [0.25, 0.3) is 5.91 Å². The van der Waals surface area contributed by atoms with E-state index in [9.17, 15) is 29.1 Å². The molecule has 1 heterocycles. The molecular formula is C31H40N4O8. The fourth-order valence-corrected chi connectivity index (χ4v) is 4.80. The fraction of sp³-hybridized carbons (Fsp3) is 0.452. The second-order valence-electron chi connectivity index (χ2n) is 11.4. The van der Waals surface area contributed by atoms with E-state index in [1.165, 1.54) is 11.8 Å². The fourth-order valence-electron chi connectivity index (χ4n) is 4.80. The Bertz CT molecular complexity index is 1320. The number of primary amides is 1. The van der Waals surface area contributed by atoms with Gasteiger partial charge in [-0.25, -0.2) is 4.79 Å². The topological polar surface area (TPSA) is 177 Å². The molecule has 2 aromatic carbocycles. The average molecular weight is 597 g/mol. The molecule has 1 fully saturated rings. The van der Waals surface area contributed by atoms with Gasteiger partial charge in [0, 0.05) is 19.0 Å². The van der Waals surface area contributed by atoms with Gasteiger partial charge in [0.15, 0.2) is 6.61 Å². The van der Waals surface area contributed by atoms with Crippen LogP contribution in [0, 0.1) is 12.8 Å². The van der Waals surface area contributed by atoms with Crippen molar-refractivity contribution in [2.24, 2.45) is 11.7 Å². The lowest BCUT2D eigenvalue weighted by Gasteiger charge is -2.31. The number of carboxylic acids is 1. The van der Waals surface area contributed by atoms with E-state index in [-0.39, 0.29) is 24.9 Å². The number of piperidine rings is 1. The van der Waals surface area contributed by atoms with E-state index in [1.807, 2.05) is 32.9 Å². The molecule has 1 aliphatic heterocycles. The molecule has 0 aliphatic carbocycles. The quantitative estimate of drug-likeness (QED) is 0.289. The molecule has 232 valence electrons. The van der Waals surface area contributed by atoms with Gasteiger partial charge in [-0.2, -0.15) is 0 Å². The zero-order chi connectivity index (χ0) is 31.7. The van der Waals surface area contributed by atoms with Crippen LogP contribution >= 0.6 is 0 Å². The molecule has 43 heavy (non-hydrogen) atoms. The second-order valence-corrected chi connectivity index (χ2v) is 11.4. The lowest BCUT2D eigenvalue weighted by Crippen LogP contribution is -2.53. The number of amides is 4. The van der Waals surface area contributed by atoms with Crippen LogP contribution in [0.25, 0.3) is 0 Å². The maximum atomic E-state index is 13.1. The first-order chi connectivity index (χ1) is 20.3. The van der Waals surface area contributed by atoms with Crippen molar-refractivity contribution in [3.8, 4) is 11.5 Å². The smallest absolute Gasteiger partial charge is 0.415 e. The number of nitrogens with one attached hydrogen (secondary N) is 2. The van der Waals surface area contributed by atoms with E-state index in [0.717, 1.165) is 11.1 Å². The number of para-hydroxylation sites is 1. The Morgan fingerprint density at radius 3 is 2.23 bits per heavy atom. The van der Waals surface area contributed by atoms with Gasteiger partial charge in [0.2, 0.25) is 11.8 Å². The molecule has 0 saturated carbocycles. The van der Waals surface area contributed by atoms with Crippen LogP contribution in [-0.4, -0.2) is 71.6 Å². The largest absolute Gasteiger partial charge is 0.484 e. The third-order valence-corrected chi connectivity index (χ3v) is 7.54. The lowest BCUT2D eigenvalue weighted by atomic mass is 9.78. The summed E-state index contributed by atoms with van der Waals surface area (Å²) in [5.74, 6) is -2.13. The number of carbonyl (C=O) groups is 5. The molecule has 1 saturated heterocycles. The number of benzene rings is 2. The van der Waals surface area contributed by atoms with Crippen molar-refractivity contribution < 1.29 is 38.6 Å². The number of aryl methyl sites for hydroxylation is 1. The van der Waals surface area contributed by atoms with Crippen LogP contribution in [0.5, 0.6) is 11.5 Å². The first-order valence-corrected chi connectivity index (χ1v) is 14.1. The van der Waals surface area contributed by atoms with Gasteiger partial charge in [0.05, 0.1) is 0 Å². The van der Waals surface area contributed by atoms with Crippen molar-refractivity contribution >= 4 is 29.8 Å². The van der Waals surface area contributed by atoms with Gasteiger partial charge in [-0.05, 0) is 67.9 Å². The summed E-state index contributed by atoms with van der Waals surface area (Å²) in [6, 6.07) is 11.8. The molecule has 2 aromatic rings. The highest BCUT2D eigenvalue weighted by molar-refractivity contribution is 5.90. The first-order valence-electron chi connectivity index (χ1n) is 14.1. The van der Waals surface area contributed by atoms with Crippen LogP contribution in [0.15, 0.2) is 48.5 Å². The van der Waals surface area contributed by atoms with Gasteiger partial charge < -0.3 is 35.8 Å². The Morgan fingerprint density at radius 1 is 1.02 bits per heavy atom. The molecule has 5 N–H and O–H groups in total. The molecule has 2 atom stereocenters. The lowest BCUT2D eigenvalue weighted by molar-refractivity contribution is -0.141. The summed E-state index contributed by atoms with van der Waals surface area (Å²) in [4.78, 5) is 62.8. The van der Waals surface area contributed by atoms with E-state index in [0.29, 0.717) is 37.4 Å². The maximum Gasteiger partial charge on any atom is 0.415 e. The summed E-state index contributed by atoms with van der Waals surface area (Å²) in [7, 11) is 0. The Morgan fingerprint density at radius 2 is 1.65 bits per heavy atom. The van der Waals surface area contributed by atoms with Crippen molar-refractivity contribution in [3.63, 3.8) is 0 Å². The number of likely N-dealkylation sites (tertiary alicyclic amines) is 1. The molecule has 1 unspecified atom stereocenters. The highest BCUT2D eigenvalue weighted by Gasteiger charge is 2.32. The van der Waals surface area contributed by atoms with Crippen molar-refractivity contribution in [2.45, 2.75) is 64.5 Å². The van der Waals surface area contributed by atoms with Gasteiger partial charge in [0.1, 0.15) is 23.6 Å². The monoisotopic (exact) mass is 596 g/mol. The number of rotatable bonds is 12. The minimum Gasteiger partial charge on any atom is -0.484 e.